The van der Waals surface area contributed by atoms with Gasteiger partial charge in [0.05, 0.1) is 6.20 Å². The van der Waals surface area contributed by atoms with Crippen molar-refractivity contribution in [3.63, 3.8) is 0 Å². The lowest BCUT2D eigenvalue weighted by molar-refractivity contribution is 0.198. The summed E-state index contributed by atoms with van der Waals surface area (Å²) in [5, 5.41) is 0. The highest BCUT2D eigenvalue weighted by Crippen LogP contribution is 2.22. The number of likely N-dealkylation sites (tertiary alicyclic amines) is 1. The fourth-order valence-electron chi connectivity index (χ4n) is 2.49. The zero-order chi connectivity index (χ0) is 13.8. The number of pyridine rings is 1. The van der Waals surface area contributed by atoms with Crippen molar-refractivity contribution < 1.29 is 4.74 Å². The van der Waals surface area contributed by atoms with E-state index in [1.54, 1.807) is 24.8 Å². The molecule has 0 amide bonds. The SMILES string of the molecule is CN1CCC[C@H]1COc1cncc(-c2cncnc2)c1. The molecule has 3 heterocycles. The van der Waals surface area contributed by atoms with Gasteiger partial charge in [0.25, 0.3) is 0 Å². The second kappa shape index (κ2) is 5.96. The van der Waals surface area contributed by atoms with Gasteiger partial charge in [-0.05, 0) is 32.5 Å². The maximum absolute atomic E-state index is 5.88. The Bertz CT molecular complexity index is 561. The molecule has 3 rings (SSSR count). The minimum atomic E-state index is 0.513. The minimum Gasteiger partial charge on any atom is -0.490 e. The van der Waals surface area contributed by atoms with E-state index in [2.05, 4.69) is 26.9 Å². The van der Waals surface area contributed by atoms with E-state index >= 15 is 0 Å². The smallest absolute Gasteiger partial charge is 0.138 e. The predicted molar refractivity (Wildman–Crippen MR) is 76.4 cm³/mol. The van der Waals surface area contributed by atoms with Gasteiger partial charge in [-0.1, -0.05) is 0 Å². The van der Waals surface area contributed by atoms with E-state index in [4.69, 9.17) is 4.74 Å². The summed E-state index contributed by atoms with van der Waals surface area (Å²) in [5.74, 6) is 0.798. The molecule has 0 spiro atoms. The van der Waals surface area contributed by atoms with E-state index in [1.165, 1.54) is 19.2 Å². The molecule has 2 aromatic heterocycles. The van der Waals surface area contributed by atoms with Crippen molar-refractivity contribution in [2.24, 2.45) is 0 Å². The zero-order valence-corrected chi connectivity index (χ0v) is 11.6. The quantitative estimate of drug-likeness (QED) is 0.850. The van der Waals surface area contributed by atoms with Crippen LogP contribution >= 0.6 is 0 Å². The van der Waals surface area contributed by atoms with Gasteiger partial charge >= 0.3 is 0 Å². The van der Waals surface area contributed by atoms with Crippen LogP contribution in [0.25, 0.3) is 11.1 Å². The van der Waals surface area contributed by atoms with Crippen LogP contribution in [0.5, 0.6) is 5.75 Å². The van der Waals surface area contributed by atoms with E-state index < -0.39 is 0 Å². The van der Waals surface area contributed by atoms with Crippen molar-refractivity contribution >= 4 is 0 Å². The summed E-state index contributed by atoms with van der Waals surface area (Å²) in [6.07, 6.45) is 11.1. The first kappa shape index (κ1) is 13.0. The molecule has 1 fully saturated rings. The molecule has 1 saturated heterocycles. The molecular weight excluding hydrogens is 252 g/mol. The Labute approximate surface area is 118 Å². The van der Waals surface area contributed by atoms with E-state index in [-0.39, 0.29) is 0 Å². The average molecular weight is 270 g/mol. The lowest BCUT2D eigenvalue weighted by Crippen LogP contribution is -2.30. The van der Waals surface area contributed by atoms with Gasteiger partial charge < -0.3 is 9.64 Å². The molecule has 1 aliphatic rings. The normalized spacial score (nSPS) is 19.1. The molecule has 2 aromatic rings. The maximum Gasteiger partial charge on any atom is 0.138 e. The Morgan fingerprint density at radius 3 is 2.70 bits per heavy atom. The van der Waals surface area contributed by atoms with Crippen molar-refractivity contribution in [1.29, 1.82) is 0 Å². The first-order valence-corrected chi connectivity index (χ1v) is 6.86. The summed E-state index contributed by atoms with van der Waals surface area (Å²) < 4.78 is 5.88. The molecule has 0 aromatic carbocycles. The highest BCUT2D eigenvalue weighted by Gasteiger charge is 2.21. The van der Waals surface area contributed by atoms with Gasteiger partial charge in [-0.25, -0.2) is 9.97 Å². The van der Waals surface area contributed by atoms with Gasteiger partial charge in [0.1, 0.15) is 18.7 Å². The van der Waals surface area contributed by atoms with Crippen LogP contribution in [0.15, 0.2) is 37.2 Å². The average Bonchev–Trinajstić information content (AvgIpc) is 2.92. The number of ether oxygens (including phenoxy) is 1. The summed E-state index contributed by atoms with van der Waals surface area (Å²) in [6.45, 7) is 1.88. The predicted octanol–water partition coefficient (Wildman–Crippen LogP) is 2.01. The number of likely N-dealkylation sites (N-methyl/N-ethyl adjacent to an activating group) is 1. The van der Waals surface area contributed by atoms with Crippen molar-refractivity contribution in [2.45, 2.75) is 18.9 Å². The van der Waals surface area contributed by atoms with Gasteiger partial charge in [-0.15, -0.1) is 0 Å². The van der Waals surface area contributed by atoms with Crippen LogP contribution in [-0.4, -0.2) is 46.1 Å². The second-order valence-corrected chi connectivity index (χ2v) is 5.12. The number of hydrogen-bond acceptors (Lipinski definition) is 5. The van der Waals surface area contributed by atoms with Crippen molar-refractivity contribution in [1.82, 2.24) is 19.9 Å². The van der Waals surface area contributed by atoms with Gasteiger partial charge in [0.2, 0.25) is 0 Å². The zero-order valence-electron chi connectivity index (χ0n) is 11.6. The van der Waals surface area contributed by atoms with Gasteiger partial charge in [0, 0.05) is 35.8 Å². The van der Waals surface area contributed by atoms with Crippen molar-refractivity contribution in [3.8, 4) is 16.9 Å². The molecule has 104 valence electrons. The van der Waals surface area contributed by atoms with Crippen LogP contribution in [0.1, 0.15) is 12.8 Å². The maximum atomic E-state index is 5.88. The molecule has 5 nitrogen and oxygen atoms in total. The Kier molecular flexibility index (Phi) is 3.87. The van der Waals surface area contributed by atoms with Gasteiger partial charge in [0.15, 0.2) is 0 Å². The van der Waals surface area contributed by atoms with Crippen LogP contribution < -0.4 is 4.74 Å². The fraction of sp³-hybridized carbons (Fsp3) is 0.400. The van der Waals surface area contributed by atoms with Gasteiger partial charge in [-0.3, -0.25) is 4.98 Å². The lowest BCUT2D eigenvalue weighted by atomic mass is 10.1. The monoisotopic (exact) mass is 270 g/mol. The molecule has 0 N–H and O–H groups in total. The Hall–Kier alpha value is -2.01. The standard InChI is InChI=1S/C15H18N4O/c1-19-4-2-3-14(19)10-20-15-5-12(6-16-9-15)13-7-17-11-18-8-13/h5-9,11,14H,2-4,10H2,1H3/t14-/m0/s1. The third kappa shape index (κ3) is 2.93. The minimum absolute atomic E-state index is 0.513. The fourth-order valence-corrected chi connectivity index (χ4v) is 2.49. The molecule has 20 heavy (non-hydrogen) atoms. The first-order chi connectivity index (χ1) is 9.83. The van der Waals surface area contributed by atoms with Crippen LogP contribution in [0.4, 0.5) is 0 Å². The van der Waals surface area contributed by atoms with Crippen LogP contribution in [0.3, 0.4) is 0 Å². The van der Waals surface area contributed by atoms with Crippen molar-refractivity contribution in [2.75, 3.05) is 20.2 Å². The first-order valence-electron chi connectivity index (χ1n) is 6.86. The highest BCUT2D eigenvalue weighted by atomic mass is 16.5. The lowest BCUT2D eigenvalue weighted by Gasteiger charge is -2.19. The van der Waals surface area contributed by atoms with Gasteiger partial charge in [-0.2, -0.15) is 0 Å². The van der Waals surface area contributed by atoms with Crippen LogP contribution in [0.2, 0.25) is 0 Å². The molecule has 0 bridgehead atoms. The molecule has 0 saturated carbocycles. The number of nitrogens with zero attached hydrogens (tertiary/aromatic N) is 4. The summed E-state index contributed by atoms with van der Waals surface area (Å²) in [7, 11) is 2.15. The van der Waals surface area contributed by atoms with E-state index in [0.29, 0.717) is 12.6 Å². The molecule has 0 radical (unpaired) electrons. The number of hydrogen-bond donors (Lipinski definition) is 0. The number of aromatic nitrogens is 3. The molecule has 0 aliphatic carbocycles. The number of rotatable bonds is 4. The summed E-state index contributed by atoms with van der Waals surface area (Å²) in [4.78, 5) is 14.6. The Morgan fingerprint density at radius 1 is 1.15 bits per heavy atom. The summed E-state index contributed by atoms with van der Waals surface area (Å²) in [6, 6.07) is 2.50. The Balaban J connectivity index is 1.68. The molecular formula is C15H18N4O. The molecule has 5 heteroatoms. The summed E-state index contributed by atoms with van der Waals surface area (Å²) >= 11 is 0. The molecule has 0 unspecified atom stereocenters. The van der Waals surface area contributed by atoms with E-state index in [1.807, 2.05) is 6.07 Å². The third-order valence-electron chi connectivity index (χ3n) is 3.72. The third-order valence-corrected chi connectivity index (χ3v) is 3.72. The van der Waals surface area contributed by atoms with E-state index in [9.17, 15) is 0 Å². The Morgan fingerprint density at radius 2 is 1.95 bits per heavy atom. The van der Waals surface area contributed by atoms with E-state index in [0.717, 1.165) is 23.4 Å². The van der Waals surface area contributed by atoms with Crippen LogP contribution in [-0.2, 0) is 0 Å². The topological polar surface area (TPSA) is 51.1 Å². The summed E-state index contributed by atoms with van der Waals surface area (Å²) in [5.41, 5.74) is 1.92. The van der Waals surface area contributed by atoms with Crippen LogP contribution in [0, 0.1) is 0 Å². The van der Waals surface area contributed by atoms with Crippen molar-refractivity contribution in [3.05, 3.63) is 37.2 Å². The largest absolute Gasteiger partial charge is 0.490 e. The highest BCUT2D eigenvalue weighted by molar-refractivity contribution is 5.61. The second-order valence-electron chi connectivity index (χ2n) is 5.12. The molecule has 1 atom stereocenters. The molecule has 1 aliphatic heterocycles.